The van der Waals surface area contributed by atoms with Gasteiger partial charge >= 0.3 is 0 Å². The molecule has 0 aliphatic carbocycles. The molecule has 4 rings (SSSR count). The fourth-order valence-electron chi connectivity index (χ4n) is 5.26. The standard InChI is InChI=1S/C24H37N3O3/c1-25-19-24(10-8-23(25)28)9-2-11-27(20-24)18-21-4-6-22(7-5-21)30-15-3-12-26-13-16-29-17-14-26/h4-7H,2-3,8-20H2,1H3. The van der Waals surface area contributed by atoms with Crippen LogP contribution in [0.25, 0.3) is 0 Å². The molecule has 0 bridgehead atoms. The first-order valence-electron chi connectivity index (χ1n) is 11.6. The van der Waals surface area contributed by atoms with E-state index in [9.17, 15) is 4.79 Å². The zero-order valence-electron chi connectivity index (χ0n) is 18.5. The number of hydrogen-bond acceptors (Lipinski definition) is 5. The summed E-state index contributed by atoms with van der Waals surface area (Å²) in [7, 11) is 1.96. The van der Waals surface area contributed by atoms with Gasteiger partial charge in [-0.05, 0) is 49.9 Å². The van der Waals surface area contributed by atoms with Crippen LogP contribution in [0.5, 0.6) is 5.75 Å². The fraction of sp³-hybridized carbons (Fsp3) is 0.708. The van der Waals surface area contributed by atoms with Crippen molar-refractivity contribution in [1.82, 2.24) is 14.7 Å². The molecule has 0 N–H and O–H groups in total. The van der Waals surface area contributed by atoms with E-state index in [0.29, 0.717) is 17.7 Å². The first kappa shape index (κ1) is 21.6. The highest BCUT2D eigenvalue weighted by molar-refractivity contribution is 5.76. The Morgan fingerprint density at radius 3 is 2.60 bits per heavy atom. The Bertz CT molecular complexity index is 689. The van der Waals surface area contributed by atoms with Crippen molar-refractivity contribution in [3.05, 3.63) is 29.8 Å². The van der Waals surface area contributed by atoms with Gasteiger partial charge in [-0.2, -0.15) is 0 Å². The smallest absolute Gasteiger partial charge is 0.222 e. The molecule has 3 fully saturated rings. The van der Waals surface area contributed by atoms with Crippen molar-refractivity contribution in [3.8, 4) is 5.75 Å². The number of hydrogen-bond donors (Lipinski definition) is 0. The third-order valence-electron chi connectivity index (χ3n) is 6.93. The van der Waals surface area contributed by atoms with E-state index in [0.717, 1.165) is 84.2 Å². The summed E-state index contributed by atoms with van der Waals surface area (Å²) >= 11 is 0. The lowest BCUT2D eigenvalue weighted by Gasteiger charge is -2.47. The van der Waals surface area contributed by atoms with Crippen molar-refractivity contribution in [2.45, 2.75) is 38.6 Å². The number of carbonyl (C=O) groups excluding carboxylic acids is 1. The molecule has 6 nitrogen and oxygen atoms in total. The SMILES string of the molecule is CN1CC2(CCCN(Cc3ccc(OCCCN4CCOCC4)cc3)C2)CCC1=O. The van der Waals surface area contributed by atoms with Crippen LogP contribution in [-0.4, -0.2) is 86.7 Å². The zero-order chi connectivity index (χ0) is 20.8. The van der Waals surface area contributed by atoms with E-state index >= 15 is 0 Å². The molecule has 3 saturated heterocycles. The van der Waals surface area contributed by atoms with Crippen LogP contribution in [0.3, 0.4) is 0 Å². The van der Waals surface area contributed by atoms with Crippen molar-refractivity contribution in [2.24, 2.45) is 5.41 Å². The largest absolute Gasteiger partial charge is 0.494 e. The number of likely N-dealkylation sites (tertiary alicyclic amines) is 2. The summed E-state index contributed by atoms with van der Waals surface area (Å²) in [4.78, 5) is 18.9. The van der Waals surface area contributed by atoms with Gasteiger partial charge in [0.15, 0.2) is 0 Å². The van der Waals surface area contributed by atoms with E-state index in [4.69, 9.17) is 9.47 Å². The van der Waals surface area contributed by atoms with E-state index in [2.05, 4.69) is 34.1 Å². The van der Waals surface area contributed by atoms with E-state index in [1.165, 1.54) is 18.4 Å². The first-order valence-corrected chi connectivity index (χ1v) is 11.6. The van der Waals surface area contributed by atoms with Crippen LogP contribution in [0.15, 0.2) is 24.3 Å². The average Bonchev–Trinajstić information content (AvgIpc) is 2.76. The highest BCUT2D eigenvalue weighted by Gasteiger charge is 2.40. The Balaban J connectivity index is 1.21. The lowest BCUT2D eigenvalue weighted by Crippen LogP contribution is -2.52. The molecule has 1 spiro atoms. The van der Waals surface area contributed by atoms with Crippen LogP contribution in [0, 0.1) is 5.41 Å². The van der Waals surface area contributed by atoms with Gasteiger partial charge < -0.3 is 14.4 Å². The summed E-state index contributed by atoms with van der Waals surface area (Å²) in [6.45, 7) is 9.79. The molecule has 6 heteroatoms. The number of morpholine rings is 1. The highest BCUT2D eigenvalue weighted by Crippen LogP contribution is 2.38. The van der Waals surface area contributed by atoms with Gasteiger partial charge in [0.05, 0.1) is 19.8 Å². The highest BCUT2D eigenvalue weighted by atomic mass is 16.5. The van der Waals surface area contributed by atoms with E-state index < -0.39 is 0 Å². The lowest BCUT2D eigenvalue weighted by atomic mass is 9.73. The fourth-order valence-corrected chi connectivity index (χ4v) is 5.26. The molecule has 3 aliphatic heterocycles. The number of piperidine rings is 2. The van der Waals surface area contributed by atoms with Gasteiger partial charge in [-0.25, -0.2) is 0 Å². The Kier molecular flexibility index (Phi) is 7.28. The predicted molar refractivity (Wildman–Crippen MR) is 118 cm³/mol. The molecule has 1 unspecified atom stereocenters. The Morgan fingerprint density at radius 1 is 1.03 bits per heavy atom. The molecule has 0 aromatic heterocycles. The van der Waals surface area contributed by atoms with E-state index in [1.807, 2.05) is 11.9 Å². The second kappa shape index (κ2) is 10.1. The minimum atomic E-state index is 0.296. The van der Waals surface area contributed by atoms with Crippen molar-refractivity contribution in [3.63, 3.8) is 0 Å². The summed E-state index contributed by atoms with van der Waals surface area (Å²) in [5.41, 5.74) is 1.64. The third-order valence-corrected chi connectivity index (χ3v) is 6.93. The molecule has 0 radical (unpaired) electrons. The molecule has 1 amide bonds. The average molecular weight is 416 g/mol. The van der Waals surface area contributed by atoms with Gasteiger partial charge in [-0.1, -0.05) is 12.1 Å². The number of nitrogens with zero attached hydrogens (tertiary/aromatic N) is 3. The van der Waals surface area contributed by atoms with Gasteiger partial charge in [-0.3, -0.25) is 14.6 Å². The molecule has 1 aromatic carbocycles. The third kappa shape index (κ3) is 5.74. The van der Waals surface area contributed by atoms with Gasteiger partial charge in [0, 0.05) is 58.2 Å². The molecule has 3 heterocycles. The van der Waals surface area contributed by atoms with Crippen LogP contribution in [0.2, 0.25) is 0 Å². The predicted octanol–water partition coefficient (Wildman–Crippen LogP) is 2.62. The lowest BCUT2D eigenvalue weighted by molar-refractivity contribution is -0.137. The minimum Gasteiger partial charge on any atom is -0.494 e. The molecular formula is C24H37N3O3. The zero-order valence-corrected chi connectivity index (χ0v) is 18.5. The van der Waals surface area contributed by atoms with Crippen LogP contribution in [0.4, 0.5) is 0 Å². The number of rotatable bonds is 7. The molecule has 1 atom stereocenters. The number of carbonyl (C=O) groups is 1. The number of benzene rings is 1. The summed E-state index contributed by atoms with van der Waals surface area (Å²) in [6.07, 6.45) is 5.28. The van der Waals surface area contributed by atoms with Crippen LogP contribution >= 0.6 is 0 Å². The van der Waals surface area contributed by atoms with Gasteiger partial charge in [0.25, 0.3) is 0 Å². The maximum atomic E-state index is 11.9. The first-order chi connectivity index (χ1) is 14.6. The van der Waals surface area contributed by atoms with Crippen LogP contribution < -0.4 is 4.74 Å². The Labute approximate surface area is 181 Å². The summed E-state index contributed by atoms with van der Waals surface area (Å²) in [5.74, 6) is 1.27. The van der Waals surface area contributed by atoms with Crippen molar-refractivity contribution >= 4 is 5.91 Å². The Morgan fingerprint density at radius 2 is 1.83 bits per heavy atom. The minimum absolute atomic E-state index is 0.296. The van der Waals surface area contributed by atoms with Crippen molar-refractivity contribution < 1.29 is 14.3 Å². The topological polar surface area (TPSA) is 45.2 Å². The van der Waals surface area contributed by atoms with Crippen molar-refractivity contribution in [1.29, 1.82) is 0 Å². The second-order valence-corrected chi connectivity index (χ2v) is 9.36. The van der Waals surface area contributed by atoms with Crippen molar-refractivity contribution in [2.75, 3.05) is 66.1 Å². The van der Waals surface area contributed by atoms with Crippen LogP contribution in [0.1, 0.15) is 37.7 Å². The second-order valence-electron chi connectivity index (χ2n) is 9.36. The van der Waals surface area contributed by atoms with E-state index in [-0.39, 0.29) is 0 Å². The summed E-state index contributed by atoms with van der Waals surface area (Å²) < 4.78 is 11.3. The quantitative estimate of drug-likeness (QED) is 0.641. The molecular weight excluding hydrogens is 378 g/mol. The Hall–Kier alpha value is -1.63. The summed E-state index contributed by atoms with van der Waals surface area (Å²) in [5, 5.41) is 0. The maximum Gasteiger partial charge on any atom is 0.222 e. The normalized spacial score (nSPS) is 26.3. The van der Waals surface area contributed by atoms with Crippen LogP contribution in [-0.2, 0) is 16.1 Å². The van der Waals surface area contributed by atoms with E-state index in [1.54, 1.807) is 0 Å². The molecule has 30 heavy (non-hydrogen) atoms. The molecule has 1 aromatic rings. The molecule has 3 aliphatic rings. The van der Waals surface area contributed by atoms with Gasteiger partial charge in [-0.15, -0.1) is 0 Å². The number of ether oxygens (including phenoxy) is 2. The maximum absolute atomic E-state index is 11.9. The molecule has 166 valence electrons. The number of amides is 1. The molecule has 0 saturated carbocycles. The van der Waals surface area contributed by atoms with Gasteiger partial charge in [0.1, 0.15) is 5.75 Å². The van der Waals surface area contributed by atoms with Gasteiger partial charge in [0.2, 0.25) is 5.91 Å². The summed E-state index contributed by atoms with van der Waals surface area (Å²) in [6, 6.07) is 8.62. The monoisotopic (exact) mass is 415 g/mol.